The maximum atomic E-state index is 12.1. The zero-order chi connectivity index (χ0) is 13.3. The van der Waals surface area contributed by atoms with E-state index in [4.69, 9.17) is 0 Å². The molecule has 1 atom stereocenters. The molecule has 0 saturated heterocycles. The van der Waals surface area contributed by atoms with E-state index in [1.54, 1.807) is 12.1 Å². The van der Waals surface area contributed by atoms with Gasteiger partial charge in [-0.15, -0.1) is 0 Å². The molecule has 0 aromatic heterocycles. The van der Waals surface area contributed by atoms with Crippen molar-refractivity contribution in [2.75, 3.05) is 0 Å². The van der Waals surface area contributed by atoms with Crippen LogP contribution in [-0.4, -0.2) is 20.2 Å². The van der Waals surface area contributed by atoms with Gasteiger partial charge in [-0.3, -0.25) is 4.79 Å². The van der Waals surface area contributed by atoms with Gasteiger partial charge in [-0.2, -0.15) is 0 Å². The molecular weight excluding hydrogens is 250 g/mol. The lowest BCUT2D eigenvalue weighted by molar-refractivity contribution is 0.101. The van der Waals surface area contributed by atoms with Crippen molar-refractivity contribution >= 4 is 15.8 Å². The molecule has 18 heavy (non-hydrogen) atoms. The quantitative estimate of drug-likeness (QED) is 0.830. The van der Waals surface area contributed by atoms with Crippen molar-refractivity contribution in [2.24, 2.45) is 5.92 Å². The molecule has 0 bridgehead atoms. The van der Waals surface area contributed by atoms with Gasteiger partial charge >= 0.3 is 0 Å². The number of hydrogen-bond acceptors (Lipinski definition) is 3. The van der Waals surface area contributed by atoms with Gasteiger partial charge in [0.1, 0.15) is 0 Å². The van der Waals surface area contributed by atoms with E-state index in [0.29, 0.717) is 11.5 Å². The van der Waals surface area contributed by atoms with Crippen molar-refractivity contribution < 1.29 is 13.2 Å². The van der Waals surface area contributed by atoms with Crippen LogP contribution in [0.4, 0.5) is 0 Å². The summed E-state index contributed by atoms with van der Waals surface area (Å²) in [5, 5.41) is 0. The Morgan fingerprint density at radius 2 is 2.06 bits per heavy atom. The SMILES string of the molecule is CC(=O)c1cccc(S(=O)(=O)N[C@H](C)C2CC2)c1. The van der Waals surface area contributed by atoms with E-state index in [0.717, 1.165) is 12.8 Å². The van der Waals surface area contributed by atoms with E-state index in [-0.39, 0.29) is 16.7 Å². The molecule has 0 aliphatic heterocycles. The van der Waals surface area contributed by atoms with Crippen LogP contribution in [0.25, 0.3) is 0 Å². The fraction of sp³-hybridized carbons (Fsp3) is 0.462. The lowest BCUT2D eigenvalue weighted by Crippen LogP contribution is -2.34. The number of hydrogen-bond donors (Lipinski definition) is 1. The summed E-state index contributed by atoms with van der Waals surface area (Å²) in [4.78, 5) is 11.4. The smallest absolute Gasteiger partial charge is 0.240 e. The van der Waals surface area contributed by atoms with Gasteiger partial charge in [0.25, 0.3) is 0 Å². The first kappa shape index (κ1) is 13.2. The average molecular weight is 267 g/mol. The van der Waals surface area contributed by atoms with Crippen molar-refractivity contribution in [3.05, 3.63) is 29.8 Å². The molecule has 4 nitrogen and oxygen atoms in total. The maximum absolute atomic E-state index is 12.1. The predicted molar refractivity (Wildman–Crippen MR) is 69.0 cm³/mol. The molecular formula is C13H17NO3S. The summed E-state index contributed by atoms with van der Waals surface area (Å²) in [6, 6.07) is 6.09. The zero-order valence-electron chi connectivity index (χ0n) is 10.5. The van der Waals surface area contributed by atoms with Gasteiger partial charge < -0.3 is 0 Å². The number of nitrogens with one attached hydrogen (secondary N) is 1. The fourth-order valence-corrected chi connectivity index (χ4v) is 3.25. The first-order chi connectivity index (χ1) is 8.40. The number of Topliss-reactive ketones (excluding diaryl/α,β-unsaturated/α-hetero) is 1. The molecule has 0 spiro atoms. The zero-order valence-corrected chi connectivity index (χ0v) is 11.3. The van der Waals surface area contributed by atoms with Crippen LogP contribution in [0.3, 0.4) is 0 Å². The Morgan fingerprint density at radius 3 is 2.61 bits per heavy atom. The van der Waals surface area contributed by atoms with Crippen molar-refractivity contribution in [2.45, 2.75) is 37.6 Å². The van der Waals surface area contributed by atoms with Gasteiger partial charge in [-0.25, -0.2) is 13.1 Å². The number of ketones is 1. The standard InChI is InChI=1S/C13H17NO3S/c1-9(11-6-7-11)14-18(16,17)13-5-3-4-12(8-13)10(2)15/h3-5,8-9,11,14H,6-7H2,1-2H3/t9-/m1/s1. The van der Waals surface area contributed by atoms with E-state index in [1.807, 2.05) is 6.92 Å². The second kappa shape index (κ2) is 4.82. The first-order valence-electron chi connectivity index (χ1n) is 6.03. The van der Waals surface area contributed by atoms with Crippen LogP contribution >= 0.6 is 0 Å². The lowest BCUT2D eigenvalue weighted by Gasteiger charge is -2.13. The van der Waals surface area contributed by atoms with Gasteiger partial charge in [0.15, 0.2) is 5.78 Å². The highest BCUT2D eigenvalue weighted by Gasteiger charge is 2.31. The van der Waals surface area contributed by atoms with E-state index in [1.165, 1.54) is 19.1 Å². The second-order valence-corrected chi connectivity index (χ2v) is 6.55. The molecule has 0 unspecified atom stereocenters. The van der Waals surface area contributed by atoms with Crippen LogP contribution in [-0.2, 0) is 10.0 Å². The minimum absolute atomic E-state index is 0.0454. The van der Waals surface area contributed by atoms with Gasteiger partial charge in [0.2, 0.25) is 10.0 Å². The third-order valence-corrected chi connectivity index (χ3v) is 4.78. The topological polar surface area (TPSA) is 63.2 Å². The molecule has 0 amide bonds. The Morgan fingerprint density at radius 1 is 1.39 bits per heavy atom. The van der Waals surface area contributed by atoms with Crippen LogP contribution in [0.2, 0.25) is 0 Å². The second-order valence-electron chi connectivity index (χ2n) is 4.83. The average Bonchev–Trinajstić information content (AvgIpc) is 3.12. The Bertz CT molecular complexity index is 561. The van der Waals surface area contributed by atoms with Crippen LogP contribution in [0.15, 0.2) is 29.2 Å². The number of rotatable bonds is 5. The summed E-state index contributed by atoms with van der Waals surface area (Å²) in [7, 11) is -3.52. The normalized spacial score (nSPS) is 17.4. The molecule has 1 aliphatic carbocycles. The Kier molecular flexibility index (Phi) is 3.54. The van der Waals surface area contributed by atoms with Crippen LogP contribution in [0.1, 0.15) is 37.0 Å². The molecule has 98 valence electrons. The van der Waals surface area contributed by atoms with Gasteiger partial charge in [0, 0.05) is 11.6 Å². The molecule has 0 radical (unpaired) electrons. The Labute approximate surface area is 107 Å². The molecule has 0 heterocycles. The number of carbonyl (C=O) groups excluding carboxylic acids is 1. The van der Waals surface area contributed by atoms with E-state index in [9.17, 15) is 13.2 Å². The predicted octanol–water partition coefficient (Wildman–Crippen LogP) is 1.97. The van der Waals surface area contributed by atoms with E-state index < -0.39 is 10.0 Å². The van der Waals surface area contributed by atoms with Gasteiger partial charge in [-0.05, 0) is 44.7 Å². The molecule has 1 N–H and O–H groups in total. The maximum Gasteiger partial charge on any atom is 0.240 e. The van der Waals surface area contributed by atoms with Crippen LogP contribution < -0.4 is 4.72 Å². The highest BCUT2D eigenvalue weighted by Crippen LogP contribution is 2.33. The Balaban J connectivity index is 2.23. The third kappa shape index (κ3) is 2.97. The number of benzene rings is 1. The summed E-state index contributed by atoms with van der Waals surface area (Å²) >= 11 is 0. The van der Waals surface area contributed by atoms with E-state index in [2.05, 4.69) is 4.72 Å². The highest BCUT2D eigenvalue weighted by atomic mass is 32.2. The minimum Gasteiger partial charge on any atom is -0.295 e. The van der Waals surface area contributed by atoms with Crippen LogP contribution in [0, 0.1) is 5.92 Å². The summed E-state index contributed by atoms with van der Waals surface area (Å²) in [5.41, 5.74) is 0.414. The van der Waals surface area contributed by atoms with Crippen molar-refractivity contribution in [3.63, 3.8) is 0 Å². The Hall–Kier alpha value is -1.20. The molecule has 5 heteroatoms. The molecule has 1 saturated carbocycles. The molecule has 1 aliphatic rings. The molecule has 1 fully saturated rings. The molecule has 1 aromatic rings. The largest absolute Gasteiger partial charge is 0.295 e. The van der Waals surface area contributed by atoms with E-state index >= 15 is 0 Å². The third-order valence-electron chi connectivity index (χ3n) is 3.22. The van der Waals surface area contributed by atoms with Crippen molar-refractivity contribution in [3.8, 4) is 0 Å². The van der Waals surface area contributed by atoms with Crippen LogP contribution in [0.5, 0.6) is 0 Å². The summed E-state index contributed by atoms with van der Waals surface area (Å²) < 4.78 is 26.9. The van der Waals surface area contributed by atoms with Gasteiger partial charge in [0.05, 0.1) is 4.90 Å². The fourth-order valence-electron chi connectivity index (χ4n) is 1.89. The summed E-state index contributed by atoms with van der Waals surface area (Å²) in [6.07, 6.45) is 2.16. The lowest BCUT2D eigenvalue weighted by atomic mass is 10.2. The first-order valence-corrected chi connectivity index (χ1v) is 7.52. The van der Waals surface area contributed by atoms with Gasteiger partial charge in [-0.1, -0.05) is 12.1 Å². The van der Waals surface area contributed by atoms with Crippen molar-refractivity contribution in [1.29, 1.82) is 0 Å². The summed E-state index contributed by atoms with van der Waals surface area (Å²) in [5.74, 6) is 0.318. The highest BCUT2D eigenvalue weighted by molar-refractivity contribution is 7.89. The number of carbonyl (C=O) groups is 1. The summed E-state index contributed by atoms with van der Waals surface area (Å²) in [6.45, 7) is 3.30. The number of sulfonamides is 1. The van der Waals surface area contributed by atoms with Crippen molar-refractivity contribution in [1.82, 2.24) is 4.72 Å². The molecule has 2 rings (SSSR count). The molecule has 1 aromatic carbocycles. The minimum atomic E-state index is -3.52. The monoisotopic (exact) mass is 267 g/mol.